The first kappa shape index (κ1) is 72.5. The minimum absolute atomic E-state index is 0.0117. The molecule has 7 unspecified atom stereocenters. The smallest absolute Gasteiger partial charge is 0.407 e. The molecule has 0 bridgehead atoms. The molecule has 6 amide bonds. The summed E-state index contributed by atoms with van der Waals surface area (Å²) in [6.07, 6.45) is 10.4. The van der Waals surface area contributed by atoms with Gasteiger partial charge in [0.2, 0.25) is 11.8 Å². The van der Waals surface area contributed by atoms with Gasteiger partial charge in [0.05, 0.1) is 39.5 Å². The van der Waals surface area contributed by atoms with Crippen LogP contribution in [0, 0.1) is 44.8 Å². The molecule has 0 heterocycles. The molecule has 470 valence electrons. The Kier molecular flexibility index (Phi) is 31.4. The van der Waals surface area contributed by atoms with E-state index in [0.717, 1.165) is 64.2 Å². The van der Waals surface area contributed by atoms with Gasteiger partial charge in [-0.2, -0.15) is 0 Å². The lowest BCUT2D eigenvalue weighted by atomic mass is 9.62. The van der Waals surface area contributed by atoms with E-state index in [1.54, 1.807) is 13.8 Å². The van der Waals surface area contributed by atoms with Crippen LogP contribution in [0.2, 0.25) is 0 Å². The van der Waals surface area contributed by atoms with Gasteiger partial charge < -0.3 is 60.3 Å². The number of carbonyl (C=O) groups is 8. The summed E-state index contributed by atoms with van der Waals surface area (Å²) in [4.78, 5) is 99.4. The van der Waals surface area contributed by atoms with Crippen LogP contribution in [0.25, 0.3) is 0 Å². The Morgan fingerprint density at radius 3 is 1.18 bits per heavy atom. The van der Waals surface area contributed by atoms with E-state index in [0.29, 0.717) is 94.2 Å². The van der Waals surface area contributed by atoms with E-state index in [4.69, 9.17) is 28.4 Å². The molecule has 82 heavy (non-hydrogen) atoms. The van der Waals surface area contributed by atoms with E-state index in [2.05, 4.69) is 121 Å². The third-order valence-corrected chi connectivity index (χ3v) is 15.2. The molecule has 2 saturated carbocycles. The summed E-state index contributed by atoms with van der Waals surface area (Å²) in [6, 6.07) is -0.109. The first-order valence-electron chi connectivity index (χ1n) is 30.1. The topological polar surface area (TPSA) is 264 Å². The van der Waals surface area contributed by atoms with E-state index < -0.39 is 36.3 Å². The van der Waals surface area contributed by atoms with E-state index >= 15 is 0 Å². The maximum atomic E-state index is 13.7. The Hall–Kier alpha value is -5.56. The van der Waals surface area contributed by atoms with E-state index in [-0.39, 0.29) is 96.4 Å². The zero-order valence-electron chi connectivity index (χ0n) is 52.6. The van der Waals surface area contributed by atoms with Gasteiger partial charge >= 0.3 is 36.3 Å². The number of alkyl carbamates (subject to hydrolysis) is 4. The third-order valence-electron chi connectivity index (χ3n) is 15.2. The van der Waals surface area contributed by atoms with Gasteiger partial charge in [0.1, 0.15) is 13.2 Å². The molecule has 0 saturated heterocycles. The Bertz CT molecular complexity index is 2100. The van der Waals surface area contributed by atoms with Crippen molar-refractivity contribution in [1.82, 2.24) is 31.9 Å². The molecule has 0 spiro atoms. The highest BCUT2D eigenvalue weighted by atomic mass is 16.6. The van der Waals surface area contributed by atoms with Gasteiger partial charge in [-0.25, -0.2) is 28.8 Å². The number of nitrogens with one attached hydrogen (secondary N) is 6. The molecular formula is C62H108N6O14. The number of rotatable bonds is 36. The van der Waals surface area contributed by atoms with Crippen LogP contribution < -0.4 is 31.9 Å². The van der Waals surface area contributed by atoms with Crippen molar-refractivity contribution in [3.63, 3.8) is 0 Å². The van der Waals surface area contributed by atoms with Crippen LogP contribution in [0.15, 0.2) is 24.3 Å². The Labute approximate surface area is 491 Å². The van der Waals surface area contributed by atoms with Crippen molar-refractivity contribution >= 4 is 48.1 Å². The van der Waals surface area contributed by atoms with Crippen molar-refractivity contribution in [2.75, 3.05) is 65.8 Å². The molecule has 2 fully saturated rings. The van der Waals surface area contributed by atoms with Gasteiger partial charge in [0, 0.05) is 49.2 Å². The van der Waals surface area contributed by atoms with Crippen molar-refractivity contribution in [2.24, 2.45) is 44.8 Å². The van der Waals surface area contributed by atoms with E-state index in [1.165, 1.54) is 0 Å². The van der Waals surface area contributed by atoms with Crippen LogP contribution in [0.4, 0.5) is 19.2 Å². The molecule has 0 aliphatic heterocycles. The molecule has 20 nitrogen and oxygen atoms in total. The van der Waals surface area contributed by atoms with Crippen LogP contribution in [0.5, 0.6) is 0 Å². The van der Waals surface area contributed by atoms with E-state index in [1.807, 2.05) is 0 Å². The normalized spacial score (nSPS) is 21.1. The highest BCUT2D eigenvalue weighted by Crippen LogP contribution is 2.47. The zero-order chi connectivity index (χ0) is 61.7. The molecule has 6 N–H and O–H groups in total. The average Bonchev–Trinajstić information content (AvgIpc) is 3.04. The second kappa shape index (κ2) is 35.5. The first-order chi connectivity index (χ1) is 38.2. The fourth-order valence-corrected chi connectivity index (χ4v) is 12.4. The second-order valence-electron chi connectivity index (χ2n) is 27.2. The summed E-state index contributed by atoms with van der Waals surface area (Å²) in [6.45, 7) is 36.1. The summed E-state index contributed by atoms with van der Waals surface area (Å²) in [5.41, 5.74) is -0.404. The fraction of sp³-hybridized carbons (Fsp3) is 0.806. The predicted octanol–water partition coefficient (Wildman–Crippen LogP) is 10.8. The fourth-order valence-electron chi connectivity index (χ4n) is 12.4. The molecule has 0 aromatic rings. The molecule has 7 atom stereocenters. The van der Waals surface area contributed by atoms with Crippen molar-refractivity contribution < 1.29 is 66.8 Å². The van der Waals surface area contributed by atoms with Gasteiger partial charge in [-0.05, 0) is 155 Å². The van der Waals surface area contributed by atoms with E-state index in [9.17, 15) is 38.4 Å². The molecule has 0 radical (unpaired) electrons. The van der Waals surface area contributed by atoms with Crippen molar-refractivity contribution in [3.8, 4) is 0 Å². The summed E-state index contributed by atoms with van der Waals surface area (Å²) in [7, 11) is 0. The zero-order valence-corrected chi connectivity index (χ0v) is 52.6. The largest absolute Gasteiger partial charge is 0.460 e. The number of hydrogen-bond acceptors (Lipinski definition) is 14. The Morgan fingerprint density at radius 2 is 0.829 bits per heavy atom. The second-order valence-corrected chi connectivity index (χ2v) is 27.2. The van der Waals surface area contributed by atoms with Crippen LogP contribution in [0.1, 0.15) is 199 Å². The van der Waals surface area contributed by atoms with Crippen molar-refractivity contribution in [3.05, 3.63) is 24.3 Å². The number of esters is 2. The third kappa shape index (κ3) is 32.9. The summed E-state index contributed by atoms with van der Waals surface area (Å²) < 4.78 is 31.3. The van der Waals surface area contributed by atoms with Crippen LogP contribution in [-0.4, -0.2) is 126 Å². The SMILES string of the molecule is C=C(C)C(=O)OCCNC(=O)OCCCC(C)CCCOC(=O)NCC1(C)CC(NC(=O)CC(C)CC(C)(C)CC(=O)NC2CC(C)(C)CC(C)(CNC(=O)OCCCC(C)CCCOC(=O)NCCOC(=O)C(=C)C)C2)CC(C)(C)C1. The van der Waals surface area contributed by atoms with Gasteiger partial charge in [-0.3, -0.25) is 9.59 Å². The van der Waals surface area contributed by atoms with Gasteiger partial charge in [-0.1, -0.05) is 89.3 Å². The standard InChI is InChI=1S/C62H108N6O14/c1-43(2)52(71)77-30-24-63-54(73)79-26-16-20-45(5)22-18-28-81-56(75)65-41-61(14)36-48(34-59(10,11)39-61)67-50(69)32-47(7)33-58(8,9)38-51(70)68-49-35-60(12,13)40-62(15,37-49)42-66-57(76)82-29-19-23-46(6)21-17-27-80-55(74)64-25-31-78-53(72)44(3)4/h45-49H,1,3,16-42H2,2,4-15H3,(H,63,73)(H,64,74)(H,65,75)(H,66,76)(H,67,69)(H,68,70). The number of ether oxygens (including phenoxy) is 6. The van der Waals surface area contributed by atoms with Crippen LogP contribution in [0.3, 0.4) is 0 Å². The van der Waals surface area contributed by atoms with Gasteiger partial charge in [0.15, 0.2) is 0 Å². The van der Waals surface area contributed by atoms with Crippen molar-refractivity contribution in [2.45, 2.75) is 211 Å². The number of carbonyl (C=O) groups excluding carboxylic acids is 8. The quantitative estimate of drug-likeness (QED) is 0.0148. The Balaban J connectivity index is 1.69. The average molecular weight is 1160 g/mol. The maximum Gasteiger partial charge on any atom is 0.407 e. The molecule has 0 aromatic heterocycles. The van der Waals surface area contributed by atoms with Gasteiger partial charge in [0.25, 0.3) is 0 Å². The molecule has 2 aliphatic rings. The lowest BCUT2D eigenvalue weighted by molar-refractivity contribution is -0.139. The van der Waals surface area contributed by atoms with Gasteiger partial charge in [-0.15, -0.1) is 0 Å². The minimum Gasteiger partial charge on any atom is -0.460 e. The summed E-state index contributed by atoms with van der Waals surface area (Å²) >= 11 is 0. The van der Waals surface area contributed by atoms with Crippen molar-refractivity contribution in [1.29, 1.82) is 0 Å². The lowest BCUT2D eigenvalue weighted by Crippen LogP contribution is -2.51. The monoisotopic (exact) mass is 1160 g/mol. The number of hydrogen-bond donors (Lipinski definition) is 6. The molecule has 2 rings (SSSR count). The Morgan fingerprint density at radius 1 is 0.488 bits per heavy atom. The molecule has 2 aliphatic carbocycles. The summed E-state index contributed by atoms with van der Waals surface area (Å²) in [5, 5.41) is 17.7. The maximum absolute atomic E-state index is 13.7. The minimum atomic E-state index is -0.565. The summed E-state index contributed by atoms with van der Waals surface area (Å²) in [5.74, 6) is -0.305. The highest BCUT2D eigenvalue weighted by molar-refractivity contribution is 5.87. The number of amides is 6. The molecule has 0 aromatic carbocycles. The first-order valence-corrected chi connectivity index (χ1v) is 30.1. The lowest BCUT2D eigenvalue weighted by Gasteiger charge is -2.47. The molecular weight excluding hydrogens is 1050 g/mol. The highest BCUT2D eigenvalue weighted by Gasteiger charge is 2.44. The predicted molar refractivity (Wildman–Crippen MR) is 316 cm³/mol. The molecule has 20 heteroatoms. The van der Waals surface area contributed by atoms with Crippen LogP contribution >= 0.6 is 0 Å². The van der Waals surface area contributed by atoms with Crippen LogP contribution in [-0.2, 0) is 47.6 Å².